The van der Waals surface area contributed by atoms with Crippen LogP contribution in [0.1, 0.15) is 18.4 Å². The second-order valence-electron chi connectivity index (χ2n) is 5.88. The molecule has 1 aromatic rings. The van der Waals surface area contributed by atoms with Crippen molar-refractivity contribution in [1.82, 2.24) is 15.6 Å². The zero-order valence-electron chi connectivity index (χ0n) is 13.6. The van der Waals surface area contributed by atoms with Crippen molar-refractivity contribution in [1.29, 1.82) is 0 Å². The van der Waals surface area contributed by atoms with Crippen LogP contribution in [0.2, 0.25) is 0 Å². The summed E-state index contributed by atoms with van der Waals surface area (Å²) in [5, 5.41) is 6.26. The molecular weight excluding hydrogens is 294 g/mol. The van der Waals surface area contributed by atoms with Gasteiger partial charge in [0, 0.05) is 18.8 Å². The van der Waals surface area contributed by atoms with Crippen molar-refractivity contribution >= 4 is 6.09 Å². The molecule has 1 aromatic heterocycles. The highest BCUT2D eigenvalue weighted by Crippen LogP contribution is 2.32. The summed E-state index contributed by atoms with van der Waals surface area (Å²) in [4.78, 5) is 16.0. The number of nitrogens with zero attached hydrogens (tertiary/aromatic N) is 1. The number of ether oxygens (including phenoxy) is 2. The standard InChI is InChI=1S/C17H25N3O3/c1-3-10-23-16(21)20-13-17(6-8-18-9-7-17)11-14-4-5-15(22-2)19-12-14/h3-5,12,18H,1,6-11,13H2,2H3,(H,20,21). The Morgan fingerprint density at radius 3 is 2.87 bits per heavy atom. The molecule has 1 aliphatic heterocycles. The Labute approximate surface area is 137 Å². The van der Waals surface area contributed by atoms with Gasteiger partial charge in [0.2, 0.25) is 5.88 Å². The van der Waals surface area contributed by atoms with Crippen LogP contribution >= 0.6 is 0 Å². The van der Waals surface area contributed by atoms with Crippen LogP contribution in [0.3, 0.4) is 0 Å². The number of piperidine rings is 1. The van der Waals surface area contributed by atoms with Crippen LogP contribution in [0.15, 0.2) is 31.0 Å². The molecule has 0 aliphatic carbocycles. The van der Waals surface area contributed by atoms with Crippen molar-refractivity contribution in [3.63, 3.8) is 0 Å². The summed E-state index contributed by atoms with van der Waals surface area (Å²) in [7, 11) is 1.61. The molecule has 126 valence electrons. The molecule has 0 spiro atoms. The van der Waals surface area contributed by atoms with Crippen molar-refractivity contribution in [3.05, 3.63) is 36.5 Å². The molecule has 6 nitrogen and oxygen atoms in total. The van der Waals surface area contributed by atoms with Gasteiger partial charge in [-0.15, -0.1) is 0 Å². The summed E-state index contributed by atoms with van der Waals surface area (Å²) in [5.74, 6) is 0.610. The van der Waals surface area contributed by atoms with Gasteiger partial charge in [-0.3, -0.25) is 0 Å². The minimum absolute atomic E-state index is 0.0225. The van der Waals surface area contributed by atoms with Crippen molar-refractivity contribution in [2.45, 2.75) is 19.3 Å². The van der Waals surface area contributed by atoms with E-state index in [0.717, 1.165) is 37.9 Å². The molecule has 0 unspecified atom stereocenters. The minimum atomic E-state index is -0.393. The number of pyridine rings is 1. The van der Waals surface area contributed by atoms with Gasteiger partial charge in [-0.05, 0) is 43.3 Å². The molecule has 1 saturated heterocycles. The fourth-order valence-corrected chi connectivity index (χ4v) is 2.89. The molecular formula is C17H25N3O3. The van der Waals surface area contributed by atoms with Gasteiger partial charge in [0.1, 0.15) is 6.61 Å². The van der Waals surface area contributed by atoms with Crippen molar-refractivity contribution in [3.8, 4) is 5.88 Å². The highest BCUT2D eigenvalue weighted by atomic mass is 16.5. The third-order valence-corrected chi connectivity index (χ3v) is 4.19. The normalized spacial score (nSPS) is 16.4. The van der Waals surface area contributed by atoms with E-state index in [0.29, 0.717) is 12.4 Å². The van der Waals surface area contributed by atoms with E-state index in [2.05, 4.69) is 22.2 Å². The van der Waals surface area contributed by atoms with Crippen molar-refractivity contribution in [2.24, 2.45) is 5.41 Å². The van der Waals surface area contributed by atoms with Gasteiger partial charge < -0.3 is 20.1 Å². The van der Waals surface area contributed by atoms with Crippen LogP contribution in [0, 0.1) is 5.41 Å². The number of alkyl carbamates (subject to hydrolysis) is 1. The summed E-state index contributed by atoms with van der Waals surface area (Å²) >= 11 is 0. The van der Waals surface area contributed by atoms with Crippen LogP contribution < -0.4 is 15.4 Å². The van der Waals surface area contributed by atoms with Gasteiger partial charge in [-0.25, -0.2) is 9.78 Å². The van der Waals surface area contributed by atoms with Gasteiger partial charge in [0.25, 0.3) is 0 Å². The molecule has 0 radical (unpaired) electrons. The maximum atomic E-state index is 11.7. The first-order chi connectivity index (χ1) is 11.2. The highest BCUT2D eigenvalue weighted by molar-refractivity contribution is 5.67. The van der Waals surface area contributed by atoms with Crippen molar-refractivity contribution < 1.29 is 14.3 Å². The maximum absolute atomic E-state index is 11.7. The smallest absolute Gasteiger partial charge is 0.407 e. The molecule has 2 rings (SSSR count). The Morgan fingerprint density at radius 2 is 2.26 bits per heavy atom. The van der Waals surface area contributed by atoms with E-state index in [1.165, 1.54) is 0 Å². The van der Waals surface area contributed by atoms with E-state index >= 15 is 0 Å². The predicted molar refractivity (Wildman–Crippen MR) is 88.6 cm³/mol. The molecule has 6 heteroatoms. The van der Waals surface area contributed by atoms with Crippen LogP contribution in [-0.4, -0.2) is 44.4 Å². The van der Waals surface area contributed by atoms with E-state index in [1.54, 1.807) is 13.2 Å². The second kappa shape index (κ2) is 8.53. The van der Waals surface area contributed by atoms with Gasteiger partial charge in [-0.1, -0.05) is 18.7 Å². The lowest BCUT2D eigenvalue weighted by Gasteiger charge is -2.37. The molecule has 0 atom stereocenters. The summed E-state index contributed by atoms with van der Waals surface area (Å²) < 4.78 is 10.1. The Hall–Kier alpha value is -2.08. The number of aromatic nitrogens is 1. The second-order valence-corrected chi connectivity index (χ2v) is 5.88. The lowest BCUT2D eigenvalue weighted by Crippen LogP contribution is -2.46. The third kappa shape index (κ3) is 5.25. The lowest BCUT2D eigenvalue weighted by atomic mass is 9.74. The summed E-state index contributed by atoms with van der Waals surface area (Å²) in [6.07, 6.45) is 5.88. The number of methoxy groups -OCH3 is 1. The average Bonchev–Trinajstić information content (AvgIpc) is 2.60. The number of amides is 1. The SMILES string of the molecule is C=CCOC(=O)NCC1(Cc2ccc(OC)nc2)CCNCC1. The molecule has 2 heterocycles. The molecule has 1 amide bonds. The third-order valence-electron chi connectivity index (χ3n) is 4.19. The van der Waals surface area contributed by atoms with E-state index in [1.807, 2.05) is 18.3 Å². The number of carbonyl (C=O) groups excluding carboxylic acids is 1. The predicted octanol–water partition coefficient (Wildman–Crippen LogP) is 1.91. The largest absolute Gasteiger partial charge is 0.481 e. The molecule has 0 aromatic carbocycles. The first-order valence-electron chi connectivity index (χ1n) is 7.89. The first-order valence-corrected chi connectivity index (χ1v) is 7.89. The zero-order chi connectivity index (χ0) is 16.5. The number of hydrogen-bond donors (Lipinski definition) is 2. The van der Waals surface area contributed by atoms with Crippen molar-refractivity contribution in [2.75, 3.05) is 33.4 Å². The topological polar surface area (TPSA) is 72.5 Å². The molecule has 1 aliphatic rings. The summed E-state index contributed by atoms with van der Waals surface area (Å²) in [6.45, 7) is 6.26. The van der Waals surface area contributed by atoms with E-state index in [-0.39, 0.29) is 12.0 Å². The van der Waals surface area contributed by atoms with E-state index < -0.39 is 6.09 Å². The molecule has 23 heavy (non-hydrogen) atoms. The van der Waals surface area contributed by atoms with Gasteiger partial charge >= 0.3 is 6.09 Å². The zero-order valence-corrected chi connectivity index (χ0v) is 13.6. The summed E-state index contributed by atoms with van der Waals surface area (Å²) in [5.41, 5.74) is 1.17. The Kier molecular flexibility index (Phi) is 6.40. The number of hydrogen-bond acceptors (Lipinski definition) is 5. The van der Waals surface area contributed by atoms with Crippen LogP contribution in [0.5, 0.6) is 5.88 Å². The minimum Gasteiger partial charge on any atom is -0.481 e. The van der Waals surface area contributed by atoms with Gasteiger partial charge in [0.15, 0.2) is 0 Å². The summed E-state index contributed by atoms with van der Waals surface area (Å²) in [6, 6.07) is 3.90. The number of rotatable bonds is 7. The Balaban J connectivity index is 1.99. The van der Waals surface area contributed by atoms with Gasteiger partial charge in [0.05, 0.1) is 7.11 Å². The Bertz CT molecular complexity index is 510. The van der Waals surface area contributed by atoms with Crippen LogP contribution in [0.25, 0.3) is 0 Å². The monoisotopic (exact) mass is 319 g/mol. The molecule has 2 N–H and O–H groups in total. The van der Waals surface area contributed by atoms with Crippen LogP contribution in [0.4, 0.5) is 4.79 Å². The maximum Gasteiger partial charge on any atom is 0.407 e. The Morgan fingerprint density at radius 1 is 1.48 bits per heavy atom. The first kappa shape index (κ1) is 17.3. The number of carbonyl (C=O) groups is 1. The van der Waals surface area contributed by atoms with Crippen LogP contribution in [-0.2, 0) is 11.2 Å². The molecule has 1 fully saturated rings. The number of nitrogens with one attached hydrogen (secondary N) is 2. The lowest BCUT2D eigenvalue weighted by molar-refractivity contribution is 0.141. The fraction of sp³-hybridized carbons (Fsp3) is 0.529. The van der Waals surface area contributed by atoms with E-state index in [4.69, 9.17) is 9.47 Å². The quantitative estimate of drug-likeness (QED) is 0.751. The molecule has 0 saturated carbocycles. The molecule has 0 bridgehead atoms. The highest BCUT2D eigenvalue weighted by Gasteiger charge is 2.33. The van der Waals surface area contributed by atoms with Gasteiger partial charge in [-0.2, -0.15) is 0 Å². The fourth-order valence-electron chi connectivity index (χ4n) is 2.89. The average molecular weight is 319 g/mol. The van der Waals surface area contributed by atoms with E-state index in [9.17, 15) is 4.79 Å².